The van der Waals surface area contributed by atoms with Crippen LogP contribution in [0.25, 0.3) is 0 Å². The predicted octanol–water partition coefficient (Wildman–Crippen LogP) is 3.54. The molecule has 2 fully saturated rings. The van der Waals surface area contributed by atoms with Crippen molar-refractivity contribution < 1.29 is 24.3 Å². The predicted molar refractivity (Wildman–Crippen MR) is 148 cm³/mol. The van der Waals surface area contributed by atoms with Gasteiger partial charge in [0.1, 0.15) is 6.04 Å². The van der Waals surface area contributed by atoms with Gasteiger partial charge in [-0.05, 0) is 51.6 Å². The summed E-state index contributed by atoms with van der Waals surface area (Å²) in [5, 5.41) is 10.4. The molecule has 9 nitrogen and oxygen atoms in total. The minimum Gasteiger partial charge on any atom is -0.481 e. The first kappa shape index (κ1) is 34.6. The van der Waals surface area contributed by atoms with Crippen molar-refractivity contribution in [3.8, 4) is 0 Å². The molecule has 0 radical (unpaired) electrons. The molecule has 0 aliphatic carbocycles. The van der Waals surface area contributed by atoms with E-state index >= 15 is 0 Å². The zero-order valence-corrected chi connectivity index (χ0v) is 24.7. The number of hydrogen-bond donors (Lipinski definition) is 2. The van der Waals surface area contributed by atoms with Crippen molar-refractivity contribution in [3.05, 3.63) is 11.6 Å². The molecule has 2 N–H and O–H groups in total. The zero-order valence-electron chi connectivity index (χ0n) is 24.7. The van der Waals surface area contributed by atoms with Crippen LogP contribution in [0.2, 0.25) is 0 Å². The monoisotopic (exact) mass is 524 g/mol. The molecule has 2 aliphatic rings. The third-order valence-electron chi connectivity index (χ3n) is 6.25. The minimum atomic E-state index is -0.833. The largest absolute Gasteiger partial charge is 0.481 e. The lowest BCUT2D eigenvalue weighted by Crippen LogP contribution is -2.58. The van der Waals surface area contributed by atoms with E-state index in [4.69, 9.17) is 9.90 Å². The Labute approximate surface area is 224 Å². The average Bonchev–Trinajstić information content (AvgIpc) is 3.34. The van der Waals surface area contributed by atoms with Gasteiger partial charge in [-0.15, -0.1) is 0 Å². The Morgan fingerprint density at radius 2 is 1.51 bits per heavy atom. The molecule has 2 unspecified atom stereocenters. The molecule has 3 amide bonds. The highest BCUT2D eigenvalue weighted by Crippen LogP contribution is 2.23. The summed E-state index contributed by atoms with van der Waals surface area (Å²) in [5.41, 5.74) is 0.245. The molecule has 0 spiro atoms. The molecule has 0 aromatic rings. The number of carbonyl (C=O) groups excluding carboxylic acids is 3. The number of hydrogen-bond acceptors (Lipinski definition) is 5. The van der Waals surface area contributed by atoms with Crippen LogP contribution in [-0.4, -0.2) is 95.9 Å². The van der Waals surface area contributed by atoms with E-state index in [0.717, 1.165) is 58.7 Å². The van der Waals surface area contributed by atoms with Crippen LogP contribution in [0.5, 0.6) is 0 Å². The molecule has 37 heavy (non-hydrogen) atoms. The summed E-state index contributed by atoms with van der Waals surface area (Å²) in [5.74, 6) is -0.990. The van der Waals surface area contributed by atoms with Crippen molar-refractivity contribution in [1.82, 2.24) is 20.0 Å². The molecular weight excluding hydrogens is 472 g/mol. The molecule has 214 valence electrons. The Hall–Kier alpha value is -2.42. The number of amides is 3. The molecule has 2 saturated heterocycles. The van der Waals surface area contributed by atoms with E-state index in [9.17, 15) is 14.4 Å². The maximum absolute atomic E-state index is 13.2. The van der Waals surface area contributed by atoms with Crippen LogP contribution in [0.4, 0.5) is 0 Å². The van der Waals surface area contributed by atoms with E-state index in [-0.39, 0.29) is 23.8 Å². The van der Waals surface area contributed by atoms with Gasteiger partial charge in [-0.2, -0.15) is 0 Å². The third-order valence-corrected chi connectivity index (χ3v) is 6.25. The van der Waals surface area contributed by atoms with Crippen molar-refractivity contribution in [2.75, 3.05) is 40.3 Å². The van der Waals surface area contributed by atoms with Crippen molar-refractivity contribution in [3.63, 3.8) is 0 Å². The lowest BCUT2D eigenvalue weighted by molar-refractivity contribution is -0.139. The van der Waals surface area contributed by atoms with Crippen LogP contribution >= 0.6 is 0 Å². The fourth-order valence-corrected chi connectivity index (χ4v) is 4.13. The van der Waals surface area contributed by atoms with Gasteiger partial charge in [0.05, 0.1) is 6.04 Å². The number of nitrogens with one attached hydrogen (secondary N) is 1. The molecule has 0 aromatic carbocycles. The number of piperidine rings is 1. The van der Waals surface area contributed by atoms with Crippen LogP contribution < -0.4 is 5.32 Å². The van der Waals surface area contributed by atoms with E-state index in [1.807, 2.05) is 38.8 Å². The first-order chi connectivity index (χ1) is 17.2. The molecule has 9 heteroatoms. The topological polar surface area (TPSA) is 110 Å². The van der Waals surface area contributed by atoms with Crippen LogP contribution in [0.3, 0.4) is 0 Å². The molecule has 2 atom stereocenters. The summed E-state index contributed by atoms with van der Waals surface area (Å²) in [6.07, 6.45) is 8.14. The highest BCUT2D eigenvalue weighted by Gasteiger charge is 2.37. The van der Waals surface area contributed by atoms with Gasteiger partial charge < -0.3 is 20.2 Å². The lowest BCUT2D eigenvalue weighted by atomic mass is 9.85. The van der Waals surface area contributed by atoms with Gasteiger partial charge in [0.2, 0.25) is 17.7 Å². The molecule has 2 heterocycles. The van der Waals surface area contributed by atoms with E-state index < -0.39 is 17.4 Å². The number of likely N-dealkylation sites (N-methyl/N-ethyl adjacent to an activating group) is 2. The maximum Gasteiger partial charge on any atom is 0.300 e. The van der Waals surface area contributed by atoms with E-state index in [1.165, 1.54) is 6.42 Å². The standard InChI is InChI=1S/C23H40N4O3.C3H8.C2H4O2/c1-17(21(29)27-14-9-10-15-27)12-16-26(6)22(30)19(23(2,3)4)24-20(28)18-11-7-8-13-25(18)5;1-3-2;1-2(3)4/h12,18-19H,7-11,13-16H2,1-6H3,(H,24,28);3H2,1-2H3;1H3,(H,3,4)/b17-12+;;. The zero-order chi connectivity index (χ0) is 28.8. The maximum atomic E-state index is 13.2. The summed E-state index contributed by atoms with van der Waals surface area (Å²) in [6.45, 7) is 15.9. The average molecular weight is 525 g/mol. The van der Waals surface area contributed by atoms with Crippen LogP contribution in [0, 0.1) is 5.41 Å². The fraction of sp³-hybridized carbons (Fsp3) is 0.786. The van der Waals surface area contributed by atoms with Crippen LogP contribution in [-0.2, 0) is 19.2 Å². The van der Waals surface area contributed by atoms with E-state index in [0.29, 0.717) is 12.1 Å². The fourth-order valence-electron chi connectivity index (χ4n) is 4.13. The highest BCUT2D eigenvalue weighted by atomic mass is 16.4. The first-order valence-electron chi connectivity index (χ1n) is 13.6. The van der Waals surface area contributed by atoms with E-state index in [1.54, 1.807) is 18.9 Å². The molecule has 0 saturated carbocycles. The van der Waals surface area contributed by atoms with Crippen LogP contribution in [0.1, 0.15) is 87.0 Å². The van der Waals surface area contributed by atoms with Gasteiger partial charge in [0.15, 0.2) is 0 Å². The molecular formula is C28H52N4O5. The summed E-state index contributed by atoms with van der Waals surface area (Å²) in [6, 6.07) is -0.796. The Morgan fingerprint density at radius 3 is 1.97 bits per heavy atom. The minimum absolute atomic E-state index is 0.0503. The normalized spacial score (nSPS) is 19.0. The van der Waals surface area contributed by atoms with Gasteiger partial charge in [0, 0.05) is 39.2 Å². The lowest BCUT2D eigenvalue weighted by Gasteiger charge is -2.37. The SMILES string of the molecule is C/C(=C\CN(C)C(=O)C(NC(=O)C1CCCCN1C)C(C)(C)C)C(=O)N1CCCC1.CC(=O)O.CCC. The number of nitrogens with zero attached hydrogens (tertiary/aromatic N) is 3. The number of carboxylic acid groups (broad SMARTS) is 1. The number of carboxylic acids is 1. The summed E-state index contributed by atoms with van der Waals surface area (Å²) < 4.78 is 0. The second-order valence-electron chi connectivity index (χ2n) is 11.1. The second kappa shape index (κ2) is 17.2. The summed E-state index contributed by atoms with van der Waals surface area (Å²) in [4.78, 5) is 53.1. The quantitative estimate of drug-likeness (QED) is 0.515. The first-order valence-corrected chi connectivity index (χ1v) is 13.6. The van der Waals surface area contributed by atoms with Crippen molar-refractivity contribution in [2.45, 2.75) is 99.1 Å². The summed E-state index contributed by atoms with van der Waals surface area (Å²) >= 11 is 0. The van der Waals surface area contributed by atoms with E-state index in [2.05, 4.69) is 24.1 Å². The number of likely N-dealkylation sites (tertiary alicyclic amines) is 2. The van der Waals surface area contributed by atoms with Gasteiger partial charge in [-0.1, -0.05) is 53.5 Å². The van der Waals surface area contributed by atoms with Crippen LogP contribution in [0.15, 0.2) is 11.6 Å². The van der Waals surface area contributed by atoms with Gasteiger partial charge >= 0.3 is 0 Å². The van der Waals surface area contributed by atoms with Crippen molar-refractivity contribution >= 4 is 23.7 Å². The molecule has 2 aliphatic heterocycles. The molecule has 2 rings (SSSR count). The van der Waals surface area contributed by atoms with Gasteiger partial charge in [0.25, 0.3) is 5.97 Å². The third kappa shape index (κ3) is 13.1. The highest BCUT2D eigenvalue weighted by molar-refractivity contribution is 5.93. The molecule has 0 aromatic heterocycles. The van der Waals surface area contributed by atoms with Gasteiger partial charge in [-0.3, -0.25) is 24.1 Å². The Morgan fingerprint density at radius 1 is 1.03 bits per heavy atom. The smallest absolute Gasteiger partial charge is 0.300 e. The number of rotatable bonds is 6. The Balaban J connectivity index is 0.00000165. The molecule has 0 bridgehead atoms. The Kier molecular flexibility index (Phi) is 16.0. The second-order valence-corrected chi connectivity index (χ2v) is 11.1. The van der Waals surface area contributed by atoms with Crippen molar-refractivity contribution in [2.24, 2.45) is 5.41 Å². The number of aliphatic carboxylic acids is 1. The number of carbonyl (C=O) groups is 4. The Bertz CT molecular complexity index is 765. The van der Waals surface area contributed by atoms with Gasteiger partial charge in [-0.25, -0.2) is 0 Å². The summed E-state index contributed by atoms with van der Waals surface area (Å²) in [7, 11) is 3.69. The van der Waals surface area contributed by atoms with Crippen molar-refractivity contribution in [1.29, 1.82) is 0 Å².